The van der Waals surface area contributed by atoms with Crippen molar-refractivity contribution in [3.63, 3.8) is 0 Å². The maximum atomic E-state index is 12.3. The van der Waals surface area contributed by atoms with E-state index in [0.29, 0.717) is 30.7 Å². The zero-order valence-electron chi connectivity index (χ0n) is 14.3. The van der Waals surface area contributed by atoms with E-state index in [1.165, 1.54) is 4.90 Å². The topological polar surface area (TPSA) is 146 Å². The van der Waals surface area contributed by atoms with Crippen LogP contribution < -0.4 is 5.73 Å². The molecule has 3 amide bonds. The van der Waals surface area contributed by atoms with Crippen molar-refractivity contribution in [2.45, 2.75) is 44.7 Å². The maximum absolute atomic E-state index is 12.3. The largest absolute Gasteiger partial charge is 0.465 e. The van der Waals surface area contributed by atoms with Crippen LogP contribution in [0.5, 0.6) is 0 Å². The van der Waals surface area contributed by atoms with Crippen LogP contribution in [0.1, 0.15) is 32.6 Å². The lowest BCUT2D eigenvalue weighted by atomic mass is 10.0. The Bertz CT molecular complexity index is 720. The van der Waals surface area contributed by atoms with Crippen molar-refractivity contribution in [1.82, 2.24) is 9.96 Å². The first-order chi connectivity index (χ1) is 12.2. The third-order valence-electron chi connectivity index (χ3n) is 4.86. The number of carbonyl (C=O) groups excluding carboxylic acids is 3. The lowest BCUT2D eigenvalue weighted by molar-refractivity contribution is -0.151. The molecule has 0 spiro atoms. The number of hydrogen-bond acceptors (Lipinski definition) is 8. The van der Waals surface area contributed by atoms with Gasteiger partial charge >= 0.3 is 22.4 Å². The van der Waals surface area contributed by atoms with Crippen LogP contribution in [0.15, 0.2) is 0 Å². The van der Waals surface area contributed by atoms with Crippen LogP contribution in [0.2, 0.25) is 0 Å². The van der Waals surface area contributed by atoms with Crippen molar-refractivity contribution >= 4 is 28.3 Å². The molecule has 2 atom stereocenters. The highest BCUT2D eigenvalue weighted by Crippen LogP contribution is 2.47. The van der Waals surface area contributed by atoms with Gasteiger partial charge in [-0.2, -0.15) is 13.5 Å². The summed E-state index contributed by atoms with van der Waals surface area (Å²) in [4.78, 5) is 36.7. The molecular formula is C14H21N3O8S. The quantitative estimate of drug-likeness (QED) is 0.533. The maximum Gasteiger partial charge on any atom is 0.421 e. The Kier molecular flexibility index (Phi) is 4.84. The number of esters is 1. The summed E-state index contributed by atoms with van der Waals surface area (Å²) in [6.45, 7) is 1.58. The van der Waals surface area contributed by atoms with E-state index in [-0.39, 0.29) is 13.2 Å². The zero-order chi connectivity index (χ0) is 19.1. The molecule has 2 saturated heterocycles. The molecule has 146 valence electrons. The van der Waals surface area contributed by atoms with Crippen LogP contribution >= 0.6 is 0 Å². The highest BCUT2D eigenvalue weighted by molar-refractivity contribution is 7.81. The van der Waals surface area contributed by atoms with Gasteiger partial charge in [-0.25, -0.2) is 8.98 Å². The predicted octanol–water partition coefficient (Wildman–Crippen LogP) is -0.723. The molecule has 0 aromatic rings. The molecule has 26 heavy (non-hydrogen) atoms. The summed E-state index contributed by atoms with van der Waals surface area (Å²) >= 11 is 0. The lowest BCUT2D eigenvalue weighted by Crippen LogP contribution is -2.47. The molecule has 11 nitrogen and oxygen atoms in total. The van der Waals surface area contributed by atoms with Gasteiger partial charge in [0.05, 0.1) is 24.7 Å². The number of nitrogens with zero attached hydrogens (tertiary/aromatic N) is 2. The normalized spacial score (nSPS) is 26.7. The number of nitrogens with two attached hydrogens (primary N) is 1. The van der Waals surface area contributed by atoms with Crippen LogP contribution in [-0.2, 0) is 33.2 Å². The molecule has 0 aromatic carbocycles. The molecule has 3 fully saturated rings. The Balaban J connectivity index is 1.61. The van der Waals surface area contributed by atoms with Gasteiger partial charge in [0.2, 0.25) is 5.91 Å². The van der Waals surface area contributed by atoms with Crippen molar-refractivity contribution in [3.8, 4) is 0 Å². The van der Waals surface area contributed by atoms with Gasteiger partial charge in [-0.05, 0) is 32.6 Å². The number of piperidine rings is 1. The molecule has 1 aliphatic carbocycles. The van der Waals surface area contributed by atoms with Crippen LogP contribution in [0, 0.1) is 5.41 Å². The number of ether oxygens (including phenoxy) is 1. The molecule has 0 aromatic heterocycles. The van der Waals surface area contributed by atoms with Gasteiger partial charge in [0, 0.05) is 6.54 Å². The van der Waals surface area contributed by atoms with Gasteiger partial charge in [0.15, 0.2) is 0 Å². The number of fused-ring (bicyclic) bond motifs is 2. The first kappa shape index (κ1) is 18.9. The summed E-state index contributed by atoms with van der Waals surface area (Å²) in [5.41, 5.74) is 4.29. The summed E-state index contributed by atoms with van der Waals surface area (Å²) in [7, 11) is -4.56. The van der Waals surface area contributed by atoms with Gasteiger partial charge in [0.1, 0.15) is 6.04 Å². The SMILES string of the molecule is CCOC(=O)C1(COS(=O)(=O)ON2C(=O)N3C[C@H]2CC[C@H]3C(N)=O)CC1. The number of hydrogen-bond donors (Lipinski definition) is 1. The molecule has 3 rings (SSSR count). The number of carbonyl (C=O) groups is 3. The van der Waals surface area contributed by atoms with Gasteiger partial charge in [-0.15, -0.1) is 4.28 Å². The Labute approximate surface area is 150 Å². The zero-order valence-corrected chi connectivity index (χ0v) is 15.1. The number of hydroxylamine groups is 2. The average molecular weight is 391 g/mol. The molecular weight excluding hydrogens is 370 g/mol. The molecule has 3 aliphatic rings. The fourth-order valence-corrected chi connectivity index (χ4v) is 3.97. The second-order valence-electron chi connectivity index (χ2n) is 6.66. The van der Waals surface area contributed by atoms with E-state index >= 15 is 0 Å². The second kappa shape index (κ2) is 6.67. The summed E-state index contributed by atoms with van der Waals surface area (Å²) < 4.78 is 38.7. The third-order valence-corrected chi connectivity index (χ3v) is 5.61. The van der Waals surface area contributed by atoms with Crippen molar-refractivity contribution in [2.75, 3.05) is 19.8 Å². The Hall–Kier alpha value is -1.92. The van der Waals surface area contributed by atoms with E-state index in [1.54, 1.807) is 6.92 Å². The smallest absolute Gasteiger partial charge is 0.421 e. The van der Waals surface area contributed by atoms with Gasteiger partial charge < -0.3 is 15.4 Å². The van der Waals surface area contributed by atoms with Crippen LogP contribution in [-0.4, -0.2) is 68.1 Å². The molecule has 2 bridgehead atoms. The number of amides is 3. The minimum Gasteiger partial charge on any atom is -0.465 e. The van der Waals surface area contributed by atoms with Crippen LogP contribution in [0.3, 0.4) is 0 Å². The molecule has 2 N–H and O–H groups in total. The fourth-order valence-electron chi connectivity index (χ4n) is 3.17. The monoisotopic (exact) mass is 391 g/mol. The Morgan fingerprint density at radius 1 is 1.31 bits per heavy atom. The Morgan fingerprint density at radius 3 is 2.58 bits per heavy atom. The van der Waals surface area contributed by atoms with E-state index in [9.17, 15) is 22.8 Å². The van der Waals surface area contributed by atoms with Crippen molar-refractivity contribution < 1.29 is 36.0 Å². The summed E-state index contributed by atoms with van der Waals surface area (Å²) in [5, 5.41) is 0.697. The van der Waals surface area contributed by atoms with E-state index in [0.717, 1.165) is 0 Å². The van der Waals surface area contributed by atoms with Crippen molar-refractivity contribution in [3.05, 3.63) is 0 Å². The summed E-state index contributed by atoms with van der Waals surface area (Å²) in [6, 6.07) is -2.05. The second-order valence-corrected chi connectivity index (χ2v) is 7.86. The molecule has 2 heterocycles. The van der Waals surface area contributed by atoms with E-state index in [4.69, 9.17) is 18.9 Å². The molecule has 1 saturated carbocycles. The Morgan fingerprint density at radius 2 is 2.00 bits per heavy atom. The highest BCUT2D eigenvalue weighted by atomic mass is 32.3. The van der Waals surface area contributed by atoms with E-state index in [2.05, 4.69) is 0 Å². The van der Waals surface area contributed by atoms with E-state index in [1.807, 2.05) is 0 Å². The minimum atomic E-state index is -4.56. The van der Waals surface area contributed by atoms with Gasteiger partial charge in [-0.1, -0.05) is 0 Å². The number of primary amides is 1. The highest BCUT2D eigenvalue weighted by Gasteiger charge is 2.53. The number of rotatable bonds is 8. The molecule has 2 aliphatic heterocycles. The summed E-state index contributed by atoms with van der Waals surface area (Å²) in [5.74, 6) is -1.17. The van der Waals surface area contributed by atoms with Crippen molar-refractivity contribution in [2.24, 2.45) is 11.1 Å². The van der Waals surface area contributed by atoms with Gasteiger partial charge in [0.25, 0.3) is 0 Å². The van der Waals surface area contributed by atoms with Crippen molar-refractivity contribution in [1.29, 1.82) is 0 Å². The van der Waals surface area contributed by atoms with Gasteiger partial charge in [-0.3, -0.25) is 9.59 Å². The first-order valence-electron chi connectivity index (χ1n) is 8.34. The minimum absolute atomic E-state index is 0.148. The van der Waals surface area contributed by atoms with E-state index < -0.39 is 52.4 Å². The average Bonchev–Trinajstić information content (AvgIpc) is 3.34. The lowest BCUT2D eigenvalue weighted by Gasteiger charge is -2.27. The fraction of sp³-hybridized carbons (Fsp3) is 0.786. The molecule has 0 unspecified atom stereocenters. The predicted molar refractivity (Wildman–Crippen MR) is 84.2 cm³/mol. The van der Waals surface area contributed by atoms with Crippen LogP contribution in [0.25, 0.3) is 0 Å². The number of urea groups is 1. The van der Waals surface area contributed by atoms with Crippen LogP contribution in [0.4, 0.5) is 4.79 Å². The standard InChI is InChI=1S/C14H21N3O8S/c1-2-23-12(19)14(5-6-14)8-24-26(21,22)25-17-9-3-4-10(11(15)18)16(7-9)13(17)20/h9-10H,2-8H2,1H3,(H2,15,18)/t9-,10+/m1/s1. The molecule has 0 radical (unpaired) electrons. The first-order valence-corrected chi connectivity index (χ1v) is 9.68. The third kappa shape index (κ3) is 3.48. The molecule has 12 heteroatoms. The summed E-state index contributed by atoms with van der Waals surface area (Å²) in [6.07, 6.45) is 1.62.